The maximum atomic E-state index is 11.3. The lowest BCUT2D eigenvalue weighted by molar-refractivity contribution is -0.130. The Morgan fingerprint density at radius 1 is 1.44 bits per heavy atom. The molecule has 5 nitrogen and oxygen atoms in total. The van der Waals surface area contributed by atoms with E-state index in [2.05, 4.69) is 15.9 Å². The molecule has 0 aliphatic carbocycles. The fourth-order valence-electron chi connectivity index (χ4n) is 1.02. The summed E-state index contributed by atoms with van der Waals surface area (Å²) in [6.07, 6.45) is 0. The van der Waals surface area contributed by atoms with Crippen LogP contribution in [0.25, 0.3) is 0 Å². The fraction of sp³-hybridized carbons (Fsp3) is 0.300. The van der Waals surface area contributed by atoms with Crippen molar-refractivity contribution < 1.29 is 17.9 Å². The Morgan fingerprint density at radius 2 is 2.06 bits per heavy atom. The van der Waals surface area contributed by atoms with Gasteiger partial charge in [-0.15, -0.1) is 0 Å². The molecule has 0 saturated carbocycles. The van der Waals surface area contributed by atoms with Crippen LogP contribution >= 0.6 is 26.6 Å². The van der Waals surface area contributed by atoms with Crippen LogP contribution in [0.1, 0.15) is 0 Å². The van der Waals surface area contributed by atoms with Crippen LogP contribution in [0.4, 0.5) is 0 Å². The minimum Gasteiger partial charge on any atom is -0.483 e. The van der Waals surface area contributed by atoms with Gasteiger partial charge < -0.3 is 9.64 Å². The minimum atomic E-state index is -3.78. The Balaban J connectivity index is 2.84. The lowest BCUT2D eigenvalue weighted by atomic mass is 10.3. The molecule has 0 unspecified atom stereocenters. The molecule has 0 bridgehead atoms. The Kier molecular flexibility index (Phi) is 5.01. The number of amides is 1. The molecule has 1 aromatic rings. The van der Waals surface area contributed by atoms with Gasteiger partial charge in [-0.05, 0) is 34.1 Å². The number of halogens is 2. The van der Waals surface area contributed by atoms with Crippen molar-refractivity contribution in [3.05, 3.63) is 22.7 Å². The predicted molar refractivity (Wildman–Crippen MR) is 71.4 cm³/mol. The molecule has 18 heavy (non-hydrogen) atoms. The lowest BCUT2D eigenvalue weighted by Crippen LogP contribution is -2.27. The van der Waals surface area contributed by atoms with Crippen molar-refractivity contribution in [1.82, 2.24) is 4.90 Å². The second-order valence-corrected chi connectivity index (χ2v) is 7.03. The topological polar surface area (TPSA) is 63.7 Å². The van der Waals surface area contributed by atoms with Gasteiger partial charge in [0.15, 0.2) is 6.61 Å². The van der Waals surface area contributed by atoms with E-state index in [-0.39, 0.29) is 17.4 Å². The summed E-state index contributed by atoms with van der Waals surface area (Å²) in [6, 6.07) is 4.06. The average molecular weight is 357 g/mol. The van der Waals surface area contributed by atoms with Crippen LogP contribution in [0.2, 0.25) is 0 Å². The summed E-state index contributed by atoms with van der Waals surface area (Å²) in [4.78, 5) is 12.7. The molecule has 0 heterocycles. The highest BCUT2D eigenvalue weighted by Crippen LogP contribution is 2.29. The van der Waals surface area contributed by atoms with Crippen LogP contribution in [0.3, 0.4) is 0 Å². The predicted octanol–water partition coefficient (Wildman–Crippen LogP) is 1.84. The summed E-state index contributed by atoms with van der Waals surface area (Å²) >= 11 is 3.15. The van der Waals surface area contributed by atoms with E-state index in [9.17, 15) is 13.2 Å². The molecule has 0 N–H and O–H groups in total. The lowest BCUT2D eigenvalue weighted by Gasteiger charge is -2.12. The summed E-state index contributed by atoms with van der Waals surface area (Å²) in [5.74, 6) is 0.171. The number of ether oxygens (including phenoxy) is 1. The summed E-state index contributed by atoms with van der Waals surface area (Å²) in [5.41, 5.74) is 0. The smallest absolute Gasteiger partial charge is 0.261 e. The fourth-order valence-corrected chi connectivity index (χ4v) is 2.44. The van der Waals surface area contributed by atoms with Crippen molar-refractivity contribution >= 4 is 41.6 Å². The van der Waals surface area contributed by atoms with E-state index < -0.39 is 9.05 Å². The van der Waals surface area contributed by atoms with E-state index >= 15 is 0 Å². The van der Waals surface area contributed by atoms with Crippen molar-refractivity contribution in [2.75, 3.05) is 20.7 Å². The van der Waals surface area contributed by atoms with E-state index in [1.807, 2.05) is 0 Å². The highest BCUT2D eigenvalue weighted by atomic mass is 79.9. The molecule has 1 aromatic carbocycles. The number of rotatable bonds is 4. The Labute approximate surface area is 118 Å². The number of carbonyl (C=O) groups excluding carboxylic acids is 1. The van der Waals surface area contributed by atoms with Gasteiger partial charge in [0.25, 0.3) is 15.0 Å². The third kappa shape index (κ3) is 4.15. The van der Waals surface area contributed by atoms with Crippen LogP contribution < -0.4 is 4.74 Å². The quantitative estimate of drug-likeness (QED) is 0.772. The van der Waals surface area contributed by atoms with Crippen LogP contribution in [-0.4, -0.2) is 39.9 Å². The second kappa shape index (κ2) is 5.90. The first-order chi connectivity index (χ1) is 8.21. The molecule has 0 saturated heterocycles. The maximum absolute atomic E-state index is 11.3. The molecule has 0 radical (unpaired) electrons. The second-order valence-electron chi connectivity index (χ2n) is 3.61. The van der Waals surface area contributed by atoms with Crippen LogP contribution in [0.5, 0.6) is 5.75 Å². The Hall–Kier alpha value is -0.790. The van der Waals surface area contributed by atoms with Crippen molar-refractivity contribution in [3.8, 4) is 5.75 Å². The zero-order valence-electron chi connectivity index (χ0n) is 9.68. The van der Waals surface area contributed by atoms with Crippen LogP contribution in [0, 0.1) is 0 Å². The van der Waals surface area contributed by atoms with Gasteiger partial charge in [0.2, 0.25) is 0 Å². The normalized spacial score (nSPS) is 11.1. The monoisotopic (exact) mass is 355 g/mol. The van der Waals surface area contributed by atoms with Crippen LogP contribution in [0.15, 0.2) is 27.6 Å². The molecule has 8 heteroatoms. The Morgan fingerprint density at radius 3 is 2.50 bits per heavy atom. The van der Waals surface area contributed by atoms with E-state index in [1.165, 1.54) is 23.1 Å². The van der Waals surface area contributed by atoms with Gasteiger partial charge in [0.1, 0.15) is 5.75 Å². The molecule has 100 valence electrons. The molecular weight excluding hydrogens is 346 g/mol. The first-order valence-corrected chi connectivity index (χ1v) is 7.89. The summed E-state index contributed by atoms with van der Waals surface area (Å²) in [5, 5.41) is 0. The molecule has 0 fully saturated rings. The molecule has 1 rings (SSSR count). The zero-order valence-corrected chi connectivity index (χ0v) is 12.8. The SMILES string of the molecule is CN(C)C(=O)COc1ccc(S(=O)(=O)Cl)cc1Br. The van der Waals surface area contributed by atoms with Gasteiger partial charge in [0, 0.05) is 24.8 Å². The van der Waals surface area contributed by atoms with E-state index in [0.717, 1.165) is 0 Å². The third-order valence-corrected chi connectivity index (χ3v) is 4.01. The number of carbonyl (C=O) groups is 1. The van der Waals surface area contributed by atoms with Gasteiger partial charge in [-0.1, -0.05) is 0 Å². The van der Waals surface area contributed by atoms with E-state index in [4.69, 9.17) is 15.4 Å². The number of benzene rings is 1. The number of nitrogens with zero attached hydrogens (tertiary/aromatic N) is 1. The summed E-state index contributed by atoms with van der Waals surface area (Å²) in [7, 11) is 4.66. The van der Waals surface area contributed by atoms with Crippen LogP contribution in [-0.2, 0) is 13.8 Å². The van der Waals surface area contributed by atoms with Gasteiger partial charge in [-0.3, -0.25) is 4.79 Å². The molecule has 0 aliphatic heterocycles. The highest BCUT2D eigenvalue weighted by molar-refractivity contribution is 9.10. The van der Waals surface area contributed by atoms with Gasteiger partial charge in [-0.25, -0.2) is 8.42 Å². The third-order valence-electron chi connectivity index (χ3n) is 2.03. The van der Waals surface area contributed by atoms with Crippen molar-refractivity contribution in [3.63, 3.8) is 0 Å². The van der Waals surface area contributed by atoms with Crippen molar-refractivity contribution in [2.24, 2.45) is 0 Å². The first kappa shape index (κ1) is 15.3. The molecule has 0 aliphatic rings. The number of likely N-dealkylation sites (N-methyl/N-ethyl adjacent to an activating group) is 1. The van der Waals surface area contributed by atoms with Crippen molar-refractivity contribution in [1.29, 1.82) is 0 Å². The molecule has 1 amide bonds. The standard InChI is InChI=1S/C10H11BrClNO4S/c1-13(2)10(14)6-17-9-4-3-7(5-8(9)11)18(12,15)16/h3-5H,6H2,1-2H3. The molecule has 0 atom stereocenters. The summed E-state index contributed by atoms with van der Waals surface area (Å²) < 4.78 is 27.9. The maximum Gasteiger partial charge on any atom is 0.261 e. The van der Waals surface area contributed by atoms with Gasteiger partial charge >= 0.3 is 0 Å². The number of hydrogen-bond donors (Lipinski definition) is 0. The van der Waals surface area contributed by atoms with E-state index in [1.54, 1.807) is 14.1 Å². The first-order valence-electron chi connectivity index (χ1n) is 4.79. The molecular formula is C10H11BrClNO4S. The molecule has 0 spiro atoms. The number of hydrogen-bond acceptors (Lipinski definition) is 4. The zero-order chi connectivity index (χ0) is 13.9. The summed E-state index contributed by atoms with van der Waals surface area (Å²) in [6.45, 7) is -0.126. The largest absolute Gasteiger partial charge is 0.483 e. The Bertz CT molecular complexity index is 559. The highest BCUT2D eigenvalue weighted by Gasteiger charge is 2.13. The van der Waals surface area contributed by atoms with E-state index in [0.29, 0.717) is 10.2 Å². The van der Waals surface area contributed by atoms with Crippen molar-refractivity contribution in [2.45, 2.75) is 4.90 Å². The van der Waals surface area contributed by atoms with Gasteiger partial charge in [0.05, 0.1) is 9.37 Å². The van der Waals surface area contributed by atoms with Gasteiger partial charge in [-0.2, -0.15) is 0 Å². The minimum absolute atomic E-state index is 0.0395. The molecule has 0 aromatic heterocycles. The average Bonchev–Trinajstić information content (AvgIpc) is 2.25.